The fraction of sp³-hybridized carbons (Fsp3) is 0.0952. The molecule has 0 bridgehead atoms. The van der Waals surface area contributed by atoms with Gasteiger partial charge in [0.25, 0.3) is 21.3 Å². The summed E-state index contributed by atoms with van der Waals surface area (Å²) in [7, 11) is -4.78. The first kappa shape index (κ1) is 25.1. The molecule has 4 aromatic rings. The number of nitro groups is 1. The zero-order valence-electron chi connectivity index (χ0n) is 17.8. The van der Waals surface area contributed by atoms with Crippen molar-refractivity contribution >= 4 is 43.9 Å². The van der Waals surface area contributed by atoms with Gasteiger partial charge in [-0.05, 0) is 42.5 Å². The van der Waals surface area contributed by atoms with Gasteiger partial charge in [0.1, 0.15) is 17.2 Å². The van der Waals surface area contributed by atoms with Gasteiger partial charge in [-0.15, -0.1) is 5.10 Å². The highest BCUT2D eigenvalue weighted by Crippen LogP contribution is 2.34. The highest BCUT2D eigenvalue weighted by atomic mass is 35.5. The van der Waals surface area contributed by atoms with Crippen LogP contribution in [0.2, 0.25) is 5.02 Å². The van der Waals surface area contributed by atoms with E-state index >= 15 is 0 Å². The number of rotatable bonds is 6. The van der Waals surface area contributed by atoms with E-state index in [0.29, 0.717) is 21.1 Å². The number of nitro benzene ring substituents is 1. The number of aromatic nitrogens is 3. The Labute approximate surface area is 205 Å². The Morgan fingerprint density at radius 1 is 1.06 bits per heavy atom. The minimum Gasteiger partial charge on any atom is -0.267 e. The van der Waals surface area contributed by atoms with Gasteiger partial charge in [-0.3, -0.25) is 14.9 Å². The van der Waals surface area contributed by atoms with Crippen LogP contribution in [0.4, 0.5) is 24.5 Å². The average molecular weight is 540 g/mol. The molecule has 15 heteroatoms. The monoisotopic (exact) mass is 539 g/mol. The molecule has 0 aliphatic rings. The molecule has 0 radical (unpaired) electrons. The molecule has 0 amide bonds. The fourth-order valence-electron chi connectivity index (χ4n) is 3.29. The summed E-state index contributed by atoms with van der Waals surface area (Å²) in [5.74, 6) is 0. The minimum atomic E-state index is -4.80. The third-order valence-electron chi connectivity index (χ3n) is 5.06. The number of anilines is 1. The van der Waals surface area contributed by atoms with Crippen LogP contribution in [0.25, 0.3) is 10.9 Å². The summed E-state index contributed by atoms with van der Waals surface area (Å²) in [5.41, 5.74) is -2.89. The predicted molar refractivity (Wildman–Crippen MR) is 123 cm³/mol. The molecule has 3 aromatic carbocycles. The number of fused-ring (bicyclic) bond motifs is 1. The Hall–Kier alpha value is -4.04. The van der Waals surface area contributed by atoms with E-state index in [-0.39, 0.29) is 15.9 Å². The van der Waals surface area contributed by atoms with Crippen molar-refractivity contribution in [2.75, 3.05) is 4.31 Å². The molecule has 1 heterocycles. The number of hydrogen-bond donors (Lipinski definition) is 0. The summed E-state index contributed by atoms with van der Waals surface area (Å²) in [6.07, 6.45) is -4.80. The lowest BCUT2D eigenvalue weighted by molar-refractivity contribution is -0.384. The van der Waals surface area contributed by atoms with Crippen LogP contribution < -0.4 is 9.86 Å². The van der Waals surface area contributed by atoms with Gasteiger partial charge in [-0.25, -0.2) is 12.7 Å². The van der Waals surface area contributed by atoms with Crippen molar-refractivity contribution in [3.05, 3.63) is 97.8 Å². The van der Waals surface area contributed by atoms with Crippen molar-refractivity contribution in [2.45, 2.75) is 17.7 Å². The van der Waals surface area contributed by atoms with E-state index in [0.717, 1.165) is 30.3 Å². The van der Waals surface area contributed by atoms with E-state index in [1.807, 2.05) is 0 Å². The predicted octanol–water partition coefficient (Wildman–Crippen LogP) is 4.22. The Kier molecular flexibility index (Phi) is 6.41. The fourth-order valence-corrected chi connectivity index (χ4v) is 4.89. The van der Waals surface area contributed by atoms with Crippen molar-refractivity contribution in [2.24, 2.45) is 0 Å². The quantitative estimate of drug-likeness (QED) is 0.265. The van der Waals surface area contributed by atoms with Crippen LogP contribution in [0.5, 0.6) is 0 Å². The van der Waals surface area contributed by atoms with Crippen LogP contribution in [-0.2, 0) is 22.9 Å². The van der Waals surface area contributed by atoms with Gasteiger partial charge in [0, 0.05) is 6.07 Å². The molecule has 0 aliphatic carbocycles. The number of nitrogens with zero attached hydrogens (tertiary/aromatic N) is 5. The maximum Gasteiger partial charge on any atom is 0.416 e. The maximum atomic E-state index is 13.6. The SMILES string of the molecule is O=c1c2ccccc2nnn1CN(c1cccc(C(F)(F)F)c1)S(=O)(=O)c1ccc(Cl)c([N+](=O)[O-])c1. The molecule has 0 saturated carbocycles. The lowest BCUT2D eigenvalue weighted by Crippen LogP contribution is -2.38. The maximum absolute atomic E-state index is 13.6. The Balaban J connectivity index is 1.91. The summed E-state index contributed by atoms with van der Waals surface area (Å²) in [6, 6.07) is 12.1. The molecule has 36 heavy (non-hydrogen) atoms. The molecular formula is C21H13ClF3N5O5S. The Morgan fingerprint density at radius 2 is 1.78 bits per heavy atom. The van der Waals surface area contributed by atoms with Gasteiger partial charge in [0.2, 0.25) is 0 Å². The molecule has 1 aromatic heterocycles. The Bertz CT molecular complexity index is 1660. The number of benzene rings is 3. The molecule has 4 rings (SSSR count). The van der Waals surface area contributed by atoms with Crippen LogP contribution in [0, 0.1) is 10.1 Å². The normalized spacial score (nSPS) is 12.0. The molecule has 186 valence electrons. The van der Waals surface area contributed by atoms with Crippen molar-refractivity contribution in [3.8, 4) is 0 Å². The lowest BCUT2D eigenvalue weighted by atomic mass is 10.2. The third kappa shape index (κ3) is 4.72. The van der Waals surface area contributed by atoms with E-state index < -0.39 is 55.2 Å². The highest BCUT2D eigenvalue weighted by molar-refractivity contribution is 7.92. The van der Waals surface area contributed by atoms with Gasteiger partial charge >= 0.3 is 6.18 Å². The first-order chi connectivity index (χ1) is 16.9. The number of alkyl halides is 3. The van der Waals surface area contributed by atoms with Gasteiger partial charge < -0.3 is 0 Å². The molecule has 0 atom stereocenters. The summed E-state index contributed by atoms with van der Waals surface area (Å²) in [6.45, 7) is -0.878. The standard InChI is InChI=1S/C21H13ClF3N5O5S/c22-17-9-8-15(11-19(17)30(32)33)36(34,35)29(14-5-3-4-13(10-14)21(23,24)25)12-28-20(31)16-6-1-2-7-18(16)26-27-28/h1-11H,12H2. The Morgan fingerprint density at radius 3 is 2.47 bits per heavy atom. The van der Waals surface area contributed by atoms with E-state index in [9.17, 15) is 36.5 Å². The number of halogens is 4. The van der Waals surface area contributed by atoms with Crippen molar-refractivity contribution in [1.82, 2.24) is 15.0 Å². The van der Waals surface area contributed by atoms with Crippen LogP contribution >= 0.6 is 11.6 Å². The van der Waals surface area contributed by atoms with Crippen molar-refractivity contribution in [1.29, 1.82) is 0 Å². The molecule has 0 unspecified atom stereocenters. The minimum absolute atomic E-state index is 0.0935. The number of sulfonamides is 1. The smallest absolute Gasteiger partial charge is 0.267 e. The van der Waals surface area contributed by atoms with E-state index in [1.165, 1.54) is 12.1 Å². The summed E-state index contributed by atoms with van der Waals surface area (Å²) in [5, 5.41) is 18.6. The highest BCUT2D eigenvalue weighted by Gasteiger charge is 2.33. The second-order valence-corrected chi connectivity index (χ2v) is 9.59. The van der Waals surface area contributed by atoms with Gasteiger partial charge in [-0.2, -0.15) is 17.9 Å². The lowest BCUT2D eigenvalue weighted by Gasteiger charge is -2.25. The molecule has 10 nitrogen and oxygen atoms in total. The first-order valence-electron chi connectivity index (χ1n) is 9.86. The number of hydrogen-bond acceptors (Lipinski definition) is 7. The molecule has 0 spiro atoms. The largest absolute Gasteiger partial charge is 0.416 e. The molecule has 0 saturated heterocycles. The van der Waals surface area contributed by atoms with Crippen LogP contribution in [-0.4, -0.2) is 28.3 Å². The van der Waals surface area contributed by atoms with E-state index in [2.05, 4.69) is 10.3 Å². The molecule has 0 aliphatic heterocycles. The molecular weight excluding hydrogens is 527 g/mol. The molecule has 0 fully saturated rings. The third-order valence-corrected chi connectivity index (χ3v) is 7.13. The van der Waals surface area contributed by atoms with Gasteiger partial charge in [-0.1, -0.05) is 35.0 Å². The summed E-state index contributed by atoms with van der Waals surface area (Å²) < 4.78 is 68.4. The van der Waals surface area contributed by atoms with Gasteiger partial charge in [0.05, 0.1) is 26.5 Å². The van der Waals surface area contributed by atoms with Crippen LogP contribution in [0.1, 0.15) is 5.56 Å². The molecule has 0 N–H and O–H groups in total. The van der Waals surface area contributed by atoms with Crippen LogP contribution in [0.3, 0.4) is 0 Å². The van der Waals surface area contributed by atoms with E-state index in [4.69, 9.17) is 11.6 Å². The first-order valence-corrected chi connectivity index (χ1v) is 11.7. The van der Waals surface area contributed by atoms with E-state index in [1.54, 1.807) is 12.1 Å². The summed E-state index contributed by atoms with van der Waals surface area (Å²) in [4.78, 5) is 22.7. The second kappa shape index (κ2) is 9.20. The topological polar surface area (TPSA) is 128 Å². The van der Waals surface area contributed by atoms with Crippen molar-refractivity contribution < 1.29 is 26.5 Å². The van der Waals surface area contributed by atoms with Crippen molar-refractivity contribution in [3.63, 3.8) is 0 Å². The zero-order chi connectivity index (χ0) is 26.3. The summed E-state index contributed by atoms with van der Waals surface area (Å²) >= 11 is 5.78. The van der Waals surface area contributed by atoms with Gasteiger partial charge in [0.15, 0.2) is 0 Å². The zero-order valence-corrected chi connectivity index (χ0v) is 19.3. The average Bonchev–Trinajstić information content (AvgIpc) is 2.83. The van der Waals surface area contributed by atoms with Crippen LogP contribution in [0.15, 0.2) is 76.4 Å². The second-order valence-electron chi connectivity index (χ2n) is 7.32.